The zero-order valence-electron chi connectivity index (χ0n) is 11.2. The van der Waals surface area contributed by atoms with E-state index < -0.39 is 0 Å². The van der Waals surface area contributed by atoms with Crippen molar-refractivity contribution in [1.29, 1.82) is 0 Å². The van der Waals surface area contributed by atoms with Crippen LogP contribution < -0.4 is 0 Å². The average molecular weight is 238 g/mol. The van der Waals surface area contributed by atoms with Crippen LogP contribution in [0.25, 0.3) is 6.08 Å². The maximum atomic E-state index is 2.46. The first-order valence-electron chi connectivity index (χ1n) is 6.92. The summed E-state index contributed by atoms with van der Waals surface area (Å²) in [5, 5.41) is 0. The Hall–Kier alpha value is -1.56. The lowest BCUT2D eigenvalue weighted by Crippen LogP contribution is -2.01. The van der Waals surface area contributed by atoms with Crippen molar-refractivity contribution in [3.63, 3.8) is 0 Å². The zero-order chi connectivity index (χ0) is 12.6. The lowest BCUT2D eigenvalue weighted by atomic mass is 9.88. The molecule has 0 saturated heterocycles. The van der Waals surface area contributed by atoms with Gasteiger partial charge in [0.15, 0.2) is 0 Å². The van der Waals surface area contributed by atoms with E-state index >= 15 is 0 Å². The van der Waals surface area contributed by atoms with Gasteiger partial charge >= 0.3 is 0 Å². The summed E-state index contributed by atoms with van der Waals surface area (Å²) in [4.78, 5) is 0. The van der Waals surface area contributed by atoms with Crippen molar-refractivity contribution in [2.24, 2.45) is 5.92 Å². The van der Waals surface area contributed by atoms with Crippen molar-refractivity contribution in [3.8, 4) is 0 Å². The highest BCUT2D eigenvalue weighted by atomic mass is 14.1. The molecule has 0 N–H and O–H groups in total. The summed E-state index contributed by atoms with van der Waals surface area (Å²) in [6.45, 7) is 2.09. The second kappa shape index (κ2) is 7.00. The van der Waals surface area contributed by atoms with Gasteiger partial charge in [-0.1, -0.05) is 66.3 Å². The van der Waals surface area contributed by atoms with E-state index in [1.807, 2.05) is 0 Å². The van der Waals surface area contributed by atoms with Crippen LogP contribution in [0.4, 0.5) is 0 Å². The van der Waals surface area contributed by atoms with Crippen LogP contribution in [0.2, 0.25) is 0 Å². The maximum absolute atomic E-state index is 2.46. The average Bonchev–Trinajstić information content (AvgIpc) is 2.44. The lowest BCUT2D eigenvalue weighted by Gasteiger charge is -2.17. The smallest absolute Gasteiger partial charge is 0.00473 e. The molecule has 0 bridgehead atoms. The predicted octanol–water partition coefficient (Wildman–Crippen LogP) is 5.39. The van der Waals surface area contributed by atoms with E-state index in [4.69, 9.17) is 0 Å². The molecule has 1 atom stereocenters. The van der Waals surface area contributed by atoms with Crippen molar-refractivity contribution in [1.82, 2.24) is 0 Å². The van der Waals surface area contributed by atoms with E-state index in [1.54, 1.807) is 5.57 Å². The van der Waals surface area contributed by atoms with Crippen LogP contribution in [0.1, 0.15) is 38.2 Å². The molecule has 94 valence electrons. The minimum Gasteiger partial charge on any atom is -0.0913 e. The first-order valence-corrected chi connectivity index (χ1v) is 6.92. The lowest BCUT2D eigenvalue weighted by molar-refractivity contribution is 0.606. The first kappa shape index (κ1) is 12.9. The first-order chi connectivity index (χ1) is 8.88. The van der Waals surface area contributed by atoms with Crippen molar-refractivity contribution in [2.75, 3.05) is 0 Å². The Bertz CT molecular complexity index is 434. The van der Waals surface area contributed by atoms with Gasteiger partial charge in [-0.25, -0.2) is 0 Å². The fraction of sp³-hybridized carbons (Fsp3) is 0.333. The molecular formula is C18H22. The topological polar surface area (TPSA) is 0 Å². The van der Waals surface area contributed by atoms with Gasteiger partial charge in [-0.05, 0) is 44.1 Å². The Morgan fingerprint density at radius 2 is 2.06 bits per heavy atom. The van der Waals surface area contributed by atoms with E-state index in [0.717, 1.165) is 6.42 Å². The molecule has 0 heterocycles. The van der Waals surface area contributed by atoms with E-state index in [2.05, 4.69) is 67.6 Å². The van der Waals surface area contributed by atoms with Crippen molar-refractivity contribution < 1.29 is 0 Å². The molecule has 1 aromatic rings. The molecule has 0 spiro atoms. The fourth-order valence-electron chi connectivity index (χ4n) is 2.42. The molecule has 0 aliphatic heterocycles. The number of rotatable bonds is 4. The van der Waals surface area contributed by atoms with Gasteiger partial charge in [0.2, 0.25) is 0 Å². The molecule has 0 amide bonds. The maximum Gasteiger partial charge on any atom is -0.00473 e. The van der Waals surface area contributed by atoms with Gasteiger partial charge < -0.3 is 0 Å². The number of hydrogen-bond acceptors (Lipinski definition) is 0. The Morgan fingerprint density at radius 3 is 2.83 bits per heavy atom. The van der Waals surface area contributed by atoms with Gasteiger partial charge in [-0.15, -0.1) is 0 Å². The third-order valence-corrected chi connectivity index (χ3v) is 3.44. The van der Waals surface area contributed by atoms with Crippen LogP contribution in [0.15, 0.2) is 60.2 Å². The standard InChI is InChI=1S/C18H22/c1-2-3-8-17-11-7-12-18(15-17)14-13-16-9-5-4-6-10-16/h2-6,9-10,13-15,18H,7-8,11-12H2,1H3/b3-2+,14-13-. The fourth-order valence-corrected chi connectivity index (χ4v) is 2.42. The molecule has 1 aliphatic carbocycles. The molecule has 18 heavy (non-hydrogen) atoms. The third kappa shape index (κ3) is 4.03. The van der Waals surface area contributed by atoms with Crippen LogP contribution in [-0.2, 0) is 0 Å². The van der Waals surface area contributed by atoms with E-state index in [-0.39, 0.29) is 0 Å². The molecule has 2 rings (SSSR count). The molecule has 0 nitrogen and oxygen atoms in total. The summed E-state index contributed by atoms with van der Waals surface area (Å²) < 4.78 is 0. The van der Waals surface area contributed by atoms with Gasteiger partial charge in [0.1, 0.15) is 0 Å². The van der Waals surface area contributed by atoms with E-state index in [9.17, 15) is 0 Å². The SMILES string of the molecule is C/C=C/CC1=CC(/C=C\c2ccccc2)CCC1. The highest BCUT2D eigenvalue weighted by molar-refractivity contribution is 5.49. The highest BCUT2D eigenvalue weighted by Gasteiger charge is 2.09. The monoisotopic (exact) mass is 238 g/mol. The Kier molecular flexibility index (Phi) is 5.01. The van der Waals surface area contributed by atoms with Crippen molar-refractivity contribution >= 4 is 6.08 Å². The van der Waals surface area contributed by atoms with E-state index in [0.29, 0.717) is 5.92 Å². The predicted molar refractivity (Wildman–Crippen MR) is 80.3 cm³/mol. The minimum absolute atomic E-state index is 0.624. The summed E-state index contributed by atoms with van der Waals surface area (Å²) in [6.07, 6.45) is 16.5. The normalized spacial score (nSPS) is 20.5. The Balaban J connectivity index is 1.98. The Morgan fingerprint density at radius 1 is 1.22 bits per heavy atom. The molecule has 0 fully saturated rings. The van der Waals surface area contributed by atoms with Crippen LogP contribution in [0.3, 0.4) is 0 Å². The van der Waals surface area contributed by atoms with Gasteiger partial charge in [-0.3, -0.25) is 0 Å². The highest BCUT2D eigenvalue weighted by Crippen LogP contribution is 2.26. The van der Waals surface area contributed by atoms with Gasteiger partial charge in [0.05, 0.1) is 0 Å². The summed E-state index contributed by atoms with van der Waals surface area (Å²) >= 11 is 0. The van der Waals surface area contributed by atoms with Crippen molar-refractivity contribution in [2.45, 2.75) is 32.6 Å². The Labute approximate surface area is 111 Å². The van der Waals surface area contributed by atoms with Crippen LogP contribution in [0, 0.1) is 5.92 Å². The summed E-state index contributed by atoms with van der Waals surface area (Å²) in [7, 11) is 0. The van der Waals surface area contributed by atoms with Crippen LogP contribution in [-0.4, -0.2) is 0 Å². The molecular weight excluding hydrogens is 216 g/mol. The molecule has 1 unspecified atom stereocenters. The zero-order valence-corrected chi connectivity index (χ0v) is 11.2. The minimum atomic E-state index is 0.624. The quantitative estimate of drug-likeness (QED) is 0.617. The second-order valence-corrected chi connectivity index (χ2v) is 4.92. The third-order valence-electron chi connectivity index (χ3n) is 3.44. The number of benzene rings is 1. The van der Waals surface area contributed by atoms with E-state index in [1.165, 1.54) is 24.8 Å². The van der Waals surface area contributed by atoms with Gasteiger partial charge in [0, 0.05) is 0 Å². The number of hydrogen-bond donors (Lipinski definition) is 0. The van der Waals surface area contributed by atoms with Crippen LogP contribution >= 0.6 is 0 Å². The van der Waals surface area contributed by atoms with Gasteiger partial charge in [0.25, 0.3) is 0 Å². The summed E-state index contributed by atoms with van der Waals surface area (Å²) in [5.74, 6) is 0.624. The van der Waals surface area contributed by atoms with Gasteiger partial charge in [-0.2, -0.15) is 0 Å². The molecule has 0 aromatic heterocycles. The number of allylic oxidation sites excluding steroid dienone is 5. The molecule has 0 radical (unpaired) electrons. The van der Waals surface area contributed by atoms with Crippen molar-refractivity contribution in [3.05, 3.63) is 65.8 Å². The molecule has 1 aromatic carbocycles. The molecule has 0 heteroatoms. The van der Waals surface area contributed by atoms with Crippen LogP contribution in [0.5, 0.6) is 0 Å². The summed E-state index contributed by atoms with van der Waals surface area (Å²) in [6, 6.07) is 10.6. The molecule has 0 saturated carbocycles. The second-order valence-electron chi connectivity index (χ2n) is 4.92. The largest absolute Gasteiger partial charge is 0.0913 e. The molecule has 1 aliphatic rings. The summed E-state index contributed by atoms with van der Waals surface area (Å²) in [5.41, 5.74) is 2.90.